The van der Waals surface area contributed by atoms with Gasteiger partial charge < -0.3 is 9.64 Å². The second kappa shape index (κ2) is 8.84. The van der Waals surface area contributed by atoms with Crippen LogP contribution >= 0.6 is 34.5 Å². The molecule has 2 aliphatic heterocycles. The largest absolute Gasteiger partial charge is 0.379 e. The van der Waals surface area contributed by atoms with E-state index in [4.69, 9.17) is 27.9 Å². The summed E-state index contributed by atoms with van der Waals surface area (Å²) in [4.78, 5) is 4.90. The SMILES string of the molecule is O=S(=O)(NC[C@H]1CCN(CCN2CCOCC2)C1)c1cc(Cl)sc1Cl. The number of nitrogens with one attached hydrogen (secondary N) is 1. The van der Waals surface area contributed by atoms with Crippen LogP contribution in [0, 0.1) is 5.92 Å². The van der Waals surface area contributed by atoms with Crippen molar-refractivity contribution < 1.29 is 13.2 Å². The lowest BCUT2D eigenvalue weighted by molar-refractivity contribution is 0.0343. The lowest BCUT2D eigenvalue weighted by Gasteiger charge is -2.28. The van der Waals surface area contributed by atoms with Crippen LogP contribution in [0.2, 0.25) is 8.67 Å². The Bertz CT molecular complexity index is 678. The van der Waals surface area contributed by atoms with Gasteiger partial charge in [0.25, 0.3) is 0 Å². The van der Waals surface area contributed by atoms with Gasteiger partial charge in [-0.1, -0.05) is 23.2 Å². The molecule has 2 saturated heterocycles. The Morgan fingerprint density at radius 3 is 2.60 bits per heavy atom. The molecular weight excluding hydrogens is 405 g/mol. The third-order valence-electron chi connectivity index (χ3n) is 4.68. The van der Waals surface area contributed by atoms with E-state index in [-0.39, 0.29) is 9.23 Å². The Labute approximate surface area is 163 Å². The van der Waals surface area contributed by atoms with Crippen molar-refractivity contribution in [3.63, 3.8) is 0 Å². The zero-order valence-corrected chi connectivity index (χ0v) is 17.1. The van der Waals surface area contributed by atoms with Gasteiger partial charge in [-0.15, -0.1) is 11.3 Å². The van der Waals surface area contributed by atoms with Gasteiger partial charge in [-0.2, -0.15) is 0 Å². The molecule has 1 atom stereocenters. The van der Waals surface area contributed by atoms with Gasteiger partial charge in [-0.25, -0.2) is 13.1 Å². The van der Waals surface area contributed by atoms with Crippen molar-refractivity contribution in [3.05, 3.63) is 14.7 Å². The number of morpholine rings is 1. The normalized spacial score (nSPS) is 23.4. The van der Waals surface area contributed by atoms with E-state index in [0.29, 0.717) is 16.8 Å². The highest BCUT2D eigenvalue weighted by atomic mass is 35.5. The molecule has 0 spiro atoms. The molecule has 0 bridgehead atoms. The molecule has 10 heteroatoms. The zero-order chi connectivity index (χ0) is 17.9. The van der Waals surface area contributed by atoms with Crippen LogP contribution in [0.25, 0.3) is 0 Å². The van der Waals surface area contributed by atoms with Gasteiger partial charge in [-0.05, 0) is 24.9 Å². The van der Waals surface area contributed by atoms with E-state index in [1.54, 1.807) is 0 Å². The molecule has 1 N–H and O–H groups in total. The van der Waals surface area contributed by atoms with Crippen molar-refractivity contribution in [2.24, 2.45) is 5.92 Å². The quantitative estimate of drug-likeness (QED) is 0.720. The lowest BCUT2D eigenvalue weighted by atomic mass is 10.1. The summed E-state index contributed by atoms with van der Waals surface area (Å²) in [7, 11) is -3.60. The fraction of sp³-hybridized carbons (Fsp3) is 0.733. The maximum Gasteiger partial charge on any atom is 0.242 e. The minimum atomic E-state index is -3.60. The van der Waals surface area contributed by atoms with Crippen LogP contribution in [0.15, 0.2) is 11.0 Å². The Balaban J connectivity index is 1.43. The number of ether oxygens (including phenoxy) is 1. The number of hydrogen-bond donors (Lipinski definition) is 1. The van der Waals surface area contributed by atoms with Crippen LogP contribution in [0.3, 0.4) is 0 Å². The van der Waals surface area contributed by atoms with Crippen molar-refractivity contribution in [1.82, 2.24) is 14.5 Å². The summed E-state index contributed by atoms with van der Waals surface area (Å²) in [5, 5.41) is 0. The van der Waals surface area contributed by atoms with Gasteiger partial charge in [0.15, 0.2) is 0 Å². The molecule has 1 aromatic rings. The maximum atomic E-state index is 12.4. The fourth-order valence-electron chi connectivity index (χ4n) is 3.20. The molecule has 0 saturated carbocycles. The number of hydrogen-bond acceptors (Lipinski definition) is 6. The van der Waals surface area contributed by atoms with Crippen LogP contribution in [0.4, 0.5) is 0 Å². The second-order valence-electron chi connectivity index (χ2n) is 6.45. The van der Waals surface area contributed by atoms with E-state index >= 15 is 0 Å². The third kappa shape index (κ3) is 5.52. The molecule has 0 amide bonds. The first-order valence-electron chi connectivity index (χ1n) is 8.41. The molecule has 3 rings (SSSR count). The maximum absolute atomic E-state index is 12.4. The summed E-state index contributed by atoms with van der Waals surface area (Å²) in [5.74, 6) is 0.326. The Morgan fingerprint density at radius 2 is 1.92 bits per heavy atom. The Morgan fingerprint density at radius 1 is 1.20 bits per heavy atom. The molecule has 3 heterocycles. The van der Waals surface area contributed by atoms with E-state index in [1.807, 2.05) is 0 Å². The summed E-state index contributed by atoms with van der Waals surface area (Å²) in [5.41, 5.74) is 0. The van der Waals surface area contributed by atoms with Crippen LogP contribution in [-0.2, 0) is 14.8 Å². The first-order chi connectivity index (χ1) is 11.9. The Kier molecular flexibility index (Phi) is 7.01. The predicted octanol–water partition coefficient (Wildman–Crippen LogP) is 1.99. The summed E-state index contributed by atoms with van der Waals surface area (Å²) in [6.45, 7) is 8.08. The second-order valence-corrected chi connectivity index (χ2v) is 10.5. The molecule has 1 aromatic heterocycles. The molecule has 142 valence electrons. The smallest absolute Gasteiger partial charge is 0.242 e. The topological polar surface area (TPSA) is 61.9 Å². The van der Waals surface area contributed by atoms with Crippen LogP contribution < -0.4 is 4.72 Å². The van der Waals surface area contributed by atoms with Gasteiger partial charge in [0.2, 0.25) is 10.0 Å². The Hall–Kier alpha value is 0.0700. The highest BCUT2D eigenvalue weighted by Crippen LogP contribution is 2.34. The van der Waals surface area contributed by atoms with E-state index in [0.717, 1.165) is 70.2 Å². The van der Waals surface area contributed by atoms with Gasteiger partial charge in [0.1, 0.15) is 9.23 Å². The molecule has 2 aliphatic rings. The minimum Gasteiger partial charge on any atom is -0.379 e. The van der Waals surface area contributed by atoms with Crippen molar-refractivity contribution in [1.29, 1.82) is 0 Å². The van der Waals surface area contributed by atoms with Gasteiger partial charge in [0.05, 0.1) is 17.6 Å². The summed E-state index contributed by atoms with van der Waals surface area (Å²) in [6, 6.07) is 1.40. The number of halogens is 2. The number of sulfonamides is 1. The van der Waals surface area contributed by atoms with Crippen molar-refractivity contribution in [3.8, 4) is 0 Å². The first kappa shape index (κ1) is 19.8. The van der Waals surface area contributed by atoms with Gasteiger partial charge in [-0.3, -0.25) is 4.90 Å². The molecule has 2 fully saturated rings. The average Bonchev–Trinajstić information content (AvgIpc) is 3.18. The molecular formula is C15H23Cl2N3O3S2. The number of nitrogens with zero attached hydrogens (tertiary/aromatic N) is 2. The van der Waals surface area contributed by atoms with Crippen LogP contribution in [0.1, 0.15) is 6.42 Å². The minimum absolute atomic E-state index is 0.0753. The monoisotopic (exact) mass is 427 g/mol. The lowest BCUT2D eigenvalue weighted by Crippen LogP contribution is -2.41. The number of rotatable bonds is 7. The van der Waals surface area contributed by atoms with E-state index < -0.39 is 10.0 Å². The predicted molar refractivity (Wildman–Crippen MR) is 101 cm³/mol. The fourth-order valence-corrected chi connectivity index (χ4v) is 6.47. The van der Waals surface area contributed by atoms with Gasteiger partial charge in [0, 0.05) is 39.3 Å². The molecule has 25 heavy (non-hydrogen) atoms. The first-order valence-corrected chi connectivity index (χ1v) is 11.5. The zero-order valence-electron chi connectivity index (χ0n) is 13.9. The van der Waals surface area contributed by atoms with Crippen molar-refractivity contribution in [2.45, 2.75) is 11.3 Å². The van der Waals surface area contributed by atoms with Crippen molar-refractivity contribution in [2.75, 3.05) is 59.0 Å². The molecule has 0 aromatic carbocycles. The third-order valence-corrected chi connectivity index (χ3v) is 7.86. The van der Waals surface area contributed by atoms with E-state index in [2.05, 4.69) is 14.5 Å². The van der Waals surface area contributed by atoms with Crippen molar-refractivity contribution >= 4 is 44.6 Å². The molecule has 0 unspecified atom stereocenters. The van der Waals surface area contributed by atoms with E-state index in [1.165, 1.54) is 6.07 Å². The van der Waals surface area contributed by atoms with Crippen LogP contribution in [0.5, 0.6) is 0 Å². The highest BCUT2D eigenvalue weighted by molar-refractivity contribution is 7.89. The molecule has 6 nitrogen and oxygen atoms in total. The number of thiophene rings is 1. The average molecular weight is 428 g/mol. The van der Waals surface area contributed by atoms with Gasteiger partial charge >= 0.3 is 0 Å². The number of likely N-dealkylation sites (tertiary alicyclic amines) is 1. The molecule has 0 aliphatic carbocycles. The highest BCUT2D eigenvalue weighted by Gasteiger charge is 2.26. The van der Waals surface area contributed by atoms with E-state index in [9.17, 15) is 8.42 Å². The molecule has 0 radical (unpaired) electrons. The summed E-state index contributed by atoms with van der Waals surface area (Å²) in [6.07, 6.45) is 1.00. The van der Waals surface area contributed by atoms with Crippen LogP contribution in [-0.4, -0.2) is 77.2 Å². The standard InChI is InChI=1S/C15H23Cl2N3O3S2/c16-14-9-13(15(17)24-14)25(21,22)18-10-12-1-2-20(11-12)4-3-19-5-7-23-8-6-19/h9,12,18H,1-8,10-11H2/t12-/m1/s1. The summed E-state index contributed by atoms with van der Waals surface area (Å²) < 4.78 is 33.3. The summed E-state index contributed by atoms with van der Waals surface area (Å²) >= 11 is 12.9.